The van der Waals surface area contributed by atoms with Crippen LogP contribution in [0.25, 0.3) is 10.9 Å². The molecule has 3 nitrogen and oxygen atoms in total. The van der Waals surface area contributed by atoms with Crippen molar-refractivity contribution in [2.24, 2.45) is 7.05 Å². The minimum atomic E-state index is 0.152. The number of allylic oxidation sites excluding steroid dienone is 2. The van der Waals surface area contributed by atoms with Gasteiger partial charge < -0.3 is 9.47 Å². The van der Waals surface area contributed by atoms with E-state index in [4.69, 9.17) is 0 Å². The fraction of sp³-hybridized carbons (Fsp3) is 0.278. The first-order chi connectivity index (χ1) is 10.1. The van der Waals surface area contributed by atoms with Gasteiger partial charge in [-0.2, -0.15) is 0 Å². The third-order valence-electron chi connectivity index (χ3n) is 4.68. The molecule has 2 heterocycles. The summed E-state index contributed by atoms with van der Waals surface area (Å²) in [4.78, 5) is 14.6. The Morgan fingerprint density at radius 2 is 2.05 bits per heavy atom. The molecule has 0 radical (unpaired) electrons. The van der Waals surface area contributed by atoms with Gasteiger partial charge >= 0.3 is 0 Å². The van der Waals surface area contributed by atoms with Gasteiger partial charge in [0.05, 0.1) is 6.54 Å². The lowest BCUT2D eigenvalue weighted by Crippen LogP contribution is -2.24. The van der Waals surface area contributed by atoms with Crippen LogP contribution in [0.5, 0.6) is 0 Å². The second kappa shape index (κ2) is 4.35. The van der Waals surface area contributed by atoms with E-state index < -0.39 is 0 Å². The van der Waals surface area contributed by atoms with Crippen LogP contribution in [0.2, 0.25) is 0 Å². The number of anilines is 1. The van der Waals surface area contributed by atoms with Gasteiger partial charge in [-0.3, -0.25) is 4.79 Å². The van der Waals surface area contributed by atoms with Crippen LogP contribution in [0, 0.1) is 0 Å². The summed E-state index contributed by atoms with van der Waals surface area (Å²) in [6, 6.07) is 8.35. The topological polar surface area (TPSA) is 25.2 Å². The number of nitrogens with zero attached hydrogens (tertiary/aromatic N) is 2. The molecule has 1 aliphatic heterocycles. The highest BCUT2D eigenvalue weighted by atomic mass is 16.2. The molecular weight excluding hydrogens is 260 g/mol. The van der Waals surface area contributed by atoms with Crippen LogP contribution >= 0.6 is 0 Å². The zero-order chi connectivity index (χ0) is 14.6. The van der Waals surface area contributed by atoms with E-state index in [0.29, 0.717) is 0 Å². The van der Waals surface area contributed by atoms with Crippen LogP contribution in [0.3, 0.4) is 0 Å². The highest BCUT2D eigenvalue weighted by molar-refractivity contribution is 6.13. The first-order valence-corrected chi connectivity index (χ1v) is 7.41. The van der Waals surface area contributed by atoms with Crippen molar-refractivity contribution in [1.82, 2.24) is 4.57 Å². The Morgan fingerprint density at radius 3 is 2.86 bits per heavy atom. The van der Waals surface area contributed by atoms with E-state index in [1.165, 1.54) is 22.0 Å². The minimum Gasteiger partial charge on any atom is -0.351 e. The molecule has 1 saturated heterocycles. The summed E-state index contributed by atoms with van der Waals surface area (Å²) in [6.07, 6.45) is 6.22. The summed E-state index contributed by atoms with van der Waals surface area (Å²) in [5.74, 6) is 0.152. The number of fused-ring (bicyclic) bond motifs is 2. The van der Waals surface area contributed by atoms with E-state index in [1.54, 1.807) is 0 Å². The molecule has 0 saturated carbocycles. The minimum absolute atomic E-state index is 0.152. The molecule has 1 aliphatic carbocycles. The SMILES string of the molecule is CC1=C2CN(c3ccc4c(ccn4C)c3)C(=O)C2=CCC1. The van der Waals surface area contributed by atoms with Gasteiger partial charge in [0.15, 0.2) is 0 Å². The van der Waals surface area contributed by atoms with Crippen LogP contribution in [0.4, 0.5) is 5.69 Å². The molecule has 1 fully saturated rings. The molecule has 1 aromatic heterocycles. The van der Waals surface area contributed by atoms with Crippen molar-refractivity contribution in [1.29, 1.82) is 0 Å². The van der Waals surface area contributed by atoms with Crippen LogP contribution in [-0.4, -0.2) is 17.0 Å². The standard InChI is InChI=1S/C18H18N2O/c1-12-4-3-5-15-16(12)11-20(18(15)21)14-6-7-17-13(10-14)8-9-19(17)2/h5-10H,3-4,11H2,1-2H3. The number of carbonyl (C=O) groups excluding carboxylic acids is 1. The van der Waals surface area contributed by atoms with E-state index in [9.17, 15) is 4.79 Å². The van der Waals surface area contributed by atoms with Gasteiger partial charge in [-0.05, 0) is 49.6 Å². The number of carbonyl (C=O) groups is 1. The summed E-state index contributed by atoms with van der Waals surface area (Å²) >= 11 is 0. The second-order valence-corrected chi connectivity index (χ2v) is 5.98. The van der Waals surface area contributed by atoms with Crippen molar-refractivity contribution in [3.05, 3.63) is 53.3 Å². The number of benzene rings is 1. The Kier molecular flexibility index (Phi) is 2.58. The fourth-order valence-electron chi connectivity index (χ4n) is 3.39. The fourth-order valence-corrected chi connectivity index (χ4v) is 3.39. The Labute approximate surface area is 124 Å². The van der Waals surface area contributed by atoms with E-state index in [1.807, 2.05) is 18.0 Å². The quantitative estimate of drug-likeness (QED) is 0.783. The summed E-state index contributed by atoms with van der Waals surface area (Å²) in [5.41, 5.74) is 5.71. The summed E-state index contributed by atoms with van der Waals surface area (Å²) in [6.45, 7) is 2.87. The summed E-state index contributed by atoms with van der Waals surface area (Å²) in [5, 5.41) is 1.18. The molecule has 0 spiro atoms. The first-order valence-electron chi connectivity index (χ1n) is 7.41. The maximum atomic E-state index is 12.6. The van der Waals surface area contributed by atoms with E-state index in [-0.39, 0.29) is 5.91 Å². The van der Waals surface area contributed by atoms with E-state index >= 15 is 0 Å². The highest BCUT2D eigenvalue weighted by Gasteiger charge is 2.33. The van der Waals surface area contributed by atoms with Gasteiger partial charge in [-0.15, -0.1) is 0 Å². The largest absolute Gasteiger partial charge is 0.351 e. The van der Waals surface area contributed by atoms with Crippen LogP contribution in [-0.2, 0) is 11.8 Å². The number of rotatable bonds is 1. The van der Waals surface area contributed by atoms with Crippen LogP contribution < -0.4 is 4.90 Å². The van der Waals surface area contributed by atoms with E-state index in [2.05, 4.69) is 42.0 Å². The van der Waals surface area contributed by atoms with Crippen molar-refractivity contribution >= 4 is 22.5 Å². The van der Waals surface area contributed by atoms with Gasteiger partial charge in [-0.25, -0.2) is 0 Å². The number of hydrogen-bond acceptors (Lipinski definition) is 1. The van der Waals surface area contributed by atoms with Crippen molar-refractivity contribution in [2.75, 3.05) is 11.4 Å². The van der Waals surface area contributed by atoms with Gasteiger partial charge in [0, 0.05) is 35.4 Å². The lowest BCUT2D eigenvalue weighted by Gasteiger charge is -2.15. The van der Waals surface area contributed by atoms with Gasteiger partial charge in [-0.1, -0.05) is 11.6 Å². The molecule has 21 heavy (non-hydrogen) atoms. The Balaban J connectivity index is 1.79. The smallest absolute Gasteiger partial charge is 0.258 e. The maximum Gasteiger partial charge on any atom is 0.258 e. The normalized spacial score (nSPS) is 18.5. The molecule has 2 aromatic rings. The monoisotopic (exact) mass is 278 g/mol. The third-order valence-corrected chi connectivity index (χ3v) is 4.68. The van der Waals surface area contributed by atoms with Crippen molar-refractivity contribution in [3.63, 3.8) is 0 Å². The molecule has 3 heteroatoms. The first kappa shape index (κ1) is 12.5. The number of aryl methyl sites for hydroxylation is 1. The van der Waals surface area contributed by atoms with Gasteiger partial charge in [0.25, 0.3) is 5.91 Å². The average molecular weight is 278 g/mol. The summed E-state index contributed by atoms with van der Waals surface area (Å²) < 4.78 is 2.10. The van der Waals surface area contributed by atoms with Crippen molar-refractivity contribution in [3.8, 4) is 0 Å². The zero-order valence-electron chi connectivity index (χ0n) is 12.4. The molecule has 1 amide bonds. The molecule has 0 N–H and O–H groups in total. The predicted molar refractivity (Wildman–Crippen MR) is 85.3 cm³/mol. The lowest BCUT2D eigenvalue weighted by atomic mass is 9.94. The highest BCUT2D eigenvalue weighted by Crippen LogP contribution is 2.35. The number of aromatic nitrogens is 1. The second-order valence-electron chi connectivity index (χ2n) is 5.98. The Morgan fingerprint density at radius 1 is 1.19 bits per heavy atom. The average Bonchev–Trinajstić information content (AvgIpc) is 3.02. The number of hydrogen-bond donors (Lipinski definition) is 0. The molecule has 0 bridgehead atoms. The van der Waals surface area contributed by atoms with Crippen molar-refractivity contribution < 1.29 is 4.79 Å². The third kappa shape index (κ3) is 1.77. The number of amides is 1. The predicted octanol–water partition coefficient (Wildman–Crippen LogP) is 3.56. The molecule has 2 aliphatic rings. The van der Waals surface area contributed by atoms with Gasteiger partial charge in [0.2, 0.25) is 0 Å². The molecule has 106 valence electrons. The Hall–Kier alpha value is -2.29. The van der Waals surface area contributed by atoms with Crippen LogP contribution in [0.1, 0.15) is 19.8 Å². The Bertz CT molecular complexity index is 823. The van der Waals surface area contributed by atoms with Gasteiger partial charge in [0.1, 0.15) is 0 Å². The molecule has 1 aromatic carbocycles. The molecule has 4 rings (SSSR count). The lowest BCUT2D eigenvalue weighted by molar-refractivity contribution is -0.114. The van der Waals surface area contributed by atoms with E-state index in [0.717, 1.165) is 30.6 Å². The zero-order valence-corrected chi connectivity index (χ0v) is 12.4. The molecule has 0 atom stereocenters. The maximum absolute atomic E-state index is 12.6. The molecule has 0 unspecified atom stereocenters. The summed E-state index contributed by atoms with van der Waals surface area (Å²) in [7, 11) is 2.04. The van der Waals surface area contributed by atoms with Crippen molar-refractivity contribution in [2.45, 2.75) is 19.8 Å². The van der Waals surface area contributed by atoms with Crippen LogP contribution in [0.15, 0.2) is 53.3 Å². The molecular formula is C18H18N2O.